The van der Waals surface area contributed by atoms with Crippen molar-refractivity contribution >= 4 is 33.4 Å². The predicted octanol–water partition coefficient (Wildman–Crippen LogP) is 3.64. The normalized spacial score (nSPS) is 11.6. The predicted molar refractivity (Wildman–Crippen MR) is 92.8 cm³/mol. The minimum absolute atomic E-state index is 0.0714. The zero-order chi connectivity index (χ0) is 16.4. The number of rotatable bonds is 3. The van der Waals surface area contributed by atoms with Crippen LogP contribution < -0.4 is 10.6 Å². The Morgan fingerprint density at radius 3 is 2.83 bits per heavy atom. The Labute approximate surface area is 138 Å². The molecule has 7 heteroatoms. The monoisotopic (exact) mass is 329 g/mol. The highest BCUT2D eigenvalue weighted by Crippen LogP contribution is 2.27. The van der Waals surface area contributed by atoms with Gasteiger partial charge in [-0.15, -0.1) is 10.2 Å². The van der Waals surface area contributed by atoms with Crippen LogP contribution in [0.5, 0.6) is 0 Å². The Bertz CT molecular complexity index is 830. The maximum atomic E-state index is 12.0. The van der Waals surface area contributed by atoms with Crippen molar-refractivity contribution in [3.05, 3.63) is 41.0 Å². The fourth-order valence-electron chi connectivity index (χ4n) is 2.20. The van der Waals surface area contributed by atoms with Gasteiger partial charge in [-0.1, -0.05) is 44.2 Å². The molecule has 3 N–H and O–H groups in total. The van der Waals surface area contributed by atoms with Gasteiger partial charge in [-0.05, 0) is 17.7 Å². The van der Waals surface area contributed by atoms with Crippen LogP contribution >= 0.6 is 11.3 Å². The lowest BCUT2D eigenvalue weighted by Crippen LogP contribution is -2.28. The molecular formula is C16H19N5OS. The molecule has 2 aromatic heterocycles. The van der Waals surface area contributed by atoms with Gasteiger partial charge in [-0.3, -0.25) is 5.32 Å². The standard InChI is InChI=1S/C16H19N5OS/c1-16(2,3)13-20-21-15(23-13)19-14(22)18-9-10-5-4-6-12-11(10)7-8-17-12/h4-8,17H,9H2,1-3H3,(H2,18,19,21,22). The summed E-state index contributed by atoms with van der Waals surface area (Å²) in [5.41, 5.74) is 2.05. The molecule has 0 aliphatic carbocycles. The summed E-state index contributed by atoms with van der Waals surface area (Å²) in [7, 11) is 0. The van der Waals surface area contributed by atoms with E-state index in [1.807, 2.05) is 30.5 Å². The van der Waals surface area contributed by atoms with E-state index in [0.29, 0.717) is 11.7 Å². The third kappa shape index (κ3) is 3.50. The van der Waals surface area contributed by atoms with E-state index in [4.69, 9.17) is 0 Å². The molecule has 120 valence electrons. The molecular weight excluding hydrogens is 310 g/mol. The summed E-state index contributed by atoms with van der Waals surface area (Å²) >= 11 is 1.39. The molecule has 3 rings (SSSR count). The van der Waals surface area contributed by atoms with Crippen molar-refractivity contribution in [2.45, 2.75) is 32.7 Å². The number of nitrogens with one attached hydrogen (secondary N) is 3. The van der Waals surface area contributed by atoms with Crippen molar-refractivity contribution in [3.8, 4) is 0 Å². The number of urea groups is 1. The SMILES string of the molecule is CC(C)(C)c1nnc(NC(=O)NCc2cccc3[nH]ccc23)s1. The molecule has 3 aromatic rings. The smallest absolute Gasteiger partial charge is 0.321 e. The summed E-state index contributed by atoms with van der Waals surface area (Å²) in [5, 5.41) is 16.2. The quantitative estimate of drug-likeness (QED) is 0.686. The topological polar surface area (TPSA) is 82.7 Å². The molecule has 23 heavy (non-hydrogen) atoms. The van der Waals surface area contributed by atoms with Crippen LogP contribution in [0.25, 0.3) is 10.9 Å². The Kier molecular flexibility index (Phi) is 4.04. The number of aromatic nitrogens is 3. The summed E-state index contributed by atoms with van der Waals surface area (Å²) in [6.07, 6.45) is 1.89. The van der Waals surface area contributed by atoms with Crippen molar-refractivity contribution in [2.75, 3.05) is 5.32 Å². The molecule has 0 atom stereocenters. The molecule has 0 unspecified atom stereocenters. The lowest BCUT2D eigenvalue weighted by molar-refractivity contribution is 0.252. The van der Waals surface area contributed by atoms with Crippen LogP contribution in [0.1, 0.15) is 31.3 Å². The molecule has 0 bridgehead atoms. The van der Waals surface area contributed by atoms with Gasteiger partial charge >= 0.3 is 6.03 Å². The van der Waals surface area contributed by atoms with Crippen molar-refractivity contribution in [1.82, 2.24) is 20.5 Å². The van der Waals surface area contributed by atoms with Crippen molar-refractivity contribution in [1.29, 1.82) is 0 Å². The summed E-state index contributed by atoms with van der Waals surface area (Å²) in [6.45, 7) is 6.64. The number of anilines is 1. The fraction of sp³-hybridized carbons (Fsp3) is 0.312. The molecule has 0 saturated carbocycles. The van der Waals surface area contributed by atoms with Crippen molar-refractivity contribution < 1.29 is 4.79 Å². The second-order valence-electron chi connectivity index (χ2n) is 6.33. The van der Waals surface area contributed by atoms with Gasteiger partial charge in [0.05, 0.1) is 0 Å². The Balaban J connectivity index is 1.62. The van der Waals surface area contributed by atoms with E-state index >= 15 is 0 Å². The Morgan fingerprint density at radius 2 is 2.09 bits per heavy atom. The van der Waals surface area contributed by atoms with Crippen LogP contribution in [-0.4, -0.2) is 21.2 Å². The number of nitrogens with zero attached hydrogens (tertiary/aromatic N) is 2. The zero-order valence-corrected chi connectivity index (χ0v) is 14.1. The number of H-pyrrole nitrogens is 1. The lowest BCUT2D eigenvalue weighted by Gasteiger charge is -2.12. The Morgan fingerprint density at radius 1 is 1.26 bits per heavy atom. The number of carbonyl (C=O) groups excluding carboxylic acids is 1. The summed E-state index contributed by atoms with van der Waals surface area (Å²) in [6, 6.07) is 7.69. The molecule has 0 radical (unpaired) electrons. The van der Waals surface area contributed by atoms with Crippen LogP contribution in [0.4, 0.5) is 9.93 Å². The highest BCUT2D eigenvalue weighted by molar-refractivity contribution is 7.15. The second kappa shape index (κ2) is 6.00. The van der Waals surface area contributed by atoms with E-state index in [1.165, 1.54) is 11.3 Å². The third-order valence-electron chi connectivity index (χ3n) is 3.41. The van der Waals surface area contributed by atoms with E-state index in [9.17, 15) is 4.79 Å². The van der Waals surface area contributed by atoms with Gasteiger partial charge in [-0.25, -0.2) is 4.79 Å². The van der Waals surface area contributed by atoms with Crippen LogP contribution in [0.15, 0.2) is 30.5 Å². The zero-order valence-electron chi connectivity index (χ0n) is 13.3. The third-order valence-corrected chi connectivity index (χ3v) is 4.68. The Hall–Kier alpha value is -2.41. The molecule has 0 spiro atoms. The number of fused-ring (bicyclic) bond motifs is 1. The minimum Gasteiger partial charge on any atom is -0.361 e. The van der Waals surface area contributed by atoms with Gasteiger partial charge in [0.15, 0.2) is 0 Å². The van der Waals surface area contributed by atoms with Crippen LogP contribution in [0.2, 0.25) is 0 Å². The lowest BCUT2D eigenvalue weighted by atomic mass is 9.98. The number of aromatic amines is 1. The number of hydrogen-bond acceptors (Lipinski definition) is 4. The molecule has 0 aliphatic rings. The molecule has 0 fully saturated rings. The van der Waals surface area contributed by atoms with Gasteiger partial charge in [-0.2, -0.15) is 0 Å². The van der Waals surface area contributed by atoms with Crippen LogP contribution in [0.3, 0.4) is 0 Å². The summed E-state index contributed by atoms with van der Waals surface area (Å²) < 4.78 is 0. The van der Waals surface area contributed by atoms with Gasteiger partial charge in [0.25, 0.3) is 0 Å². The largest absolute Gasteiger partial charge is 0.361 e. The average molecular weight is 329 g/mol. The second-order valence-corrected chi connectivity index (χ2v) is 7.30. The maximum Gasteiger partial charge on any atom is 0.321 e. The van der Waals surface area contributed by atoms with E-state index in [0.717, 1.165) is 21.5 Å². The van der Waals surface area contributed by atoms with E-state index in [2.05, 4.69) is 46.6 Å². The van der Waals surface area contributed by atoms with E-state index in [-0.39, 0.29) is 11.4 Å². The minimum atomic E-state index is -0.283. The first-order valence-corrected chi connectivity index (χ1v) is 8.19. The van der Waals surface area contributed by atoms with Gasteiger partial charge < -0.3 is 10.3 Å². The number of benzene rings is 1. The molecule has 2 heterocycles. The molecule has 1 aromatic carbocycles. The van der Waals surface area contributed by atoms with E-state index in [1.54, 1.807) is 0 Å². The van der Waals surface area contributed by atoms with Crippen LogP contribution in [0, 0.1) is 0 Å². The molecule has 0 aliphatic heterocycles. The van der Waals surface area contributed by atoms with Gasteiger partial charge in [0, 0.05) is 29.1 Å². The van der Waals surface area contributed by atoms with Gasteiger partial charge in [0.1, 0.15) is 5.01 Å². The first-order valence-electron chi connectivity index (χ1n) is 7.37. The van der Waals surface area contributed by atoms with Gasteiger partial charge in [0.2, 0.25) is 5.13 Å². The highest BCUT2D eigenvalue weighted by Gasteiger charge is 2.20. The summed E-state index contributed by atoms with van der Waals surface area (Å²) in [5.74, 6) is 0. The average Bonchev–Trinajstić information content (AvgIpc) is 3.13. The van der Waals surface area contributed by atoms with Crippen molar-refractivity contribution in [2.24, 2.45) is 0 Å². The fourth-order valence-corrected chi connectivity index (χ4v) is 2.99. The van der Waals surface area contributed by atoms with Crippen LogP contribution in [-0.2, 0) is 12.0 Å². The molecule has 0 saturated heterocycles. The van der Waals surface area contributed by atoms with E-state index < -0.39 is 0 Å². The summed E-state index contributed by atoms with van der Waals surface area (Å²) in [4.78, 5) is 15.2. The molecule has 6 nitrogen and oxygen atoms in total. The van der Waals surface area contributed by atoms with Crippen molar-refractivity contribution in [3.63, 3.8) is 0 Å². The first kappa shape index (κ1) is 15.5. The number of amides is 2. The highest BCUT2D eigenvalue weighted by atomic mass is 32.1. The maximum absolute atomic E-state index is 12.0. The first-order chi connectivity index (χ1) is 10.9. The number of carbonyl (C=O) groups is 1. The number of hydrogen-bond donors (Lipinski definition) is 3. The molecule has 2 amide bonds.